The second-order valence-electron chi connectivity index (χ2n) is 6.32. The van der Waals surface area contributed by atoms with Crippen molar-refractivity contribution in [3.8, 4) is 5.75 Å². The first-order chi connectivity index (χ1) is 12.2. The van der Waals surface area contributed by atoms with Crippen molar-refractivity contribution >= 4 is 22.7 Å². The molecule has 0 atom stereocenters. The Hall–Kier alpha value is -2.82. The largest absolute Gasteiger partial charge is 0.496 e. The number of nitrogens with zero attached hydrogens (tertiary/aromatic N) is 2. The van der Waals surface area contributed by atoms with Crippen molar-refractivity contribution in [2.75, 3.05) is 18.6 Å². The van der Waals surface area contributed by atoms with E-state index in [2.05, 4.69) is 4.98 Å². The second kappa shape index (κ2) is 6.24. The number of rotatable bonds is 2. The van der Waals surface area contributed by atoms with Crippen LogP contribution in [-0.2, 0) is 6.42 Å². The summed E-state index contributed by atoms with van der Waals surface area (Å²) in [5.41, 5.74) is 4.24. The van der Waals surface area contributed by atoms with E-state index >= 15 is 0 Å². The predicted octanol–water partition coefficient (Wildman–Crippen LogP) is 4.13. The quantitative estimate of drug-likeness (QED) is 0.706. The average molecular weight is 336 g/mol. The molecular formula is C20H20N2O3. The maximum Gasteiger partial charge on any atom is 0.294 e. The normalized spacial score (nSPS) is 14.2. The summed E-state index contributed by atoms with van der Waals surface area (Å²) in [6.45, 7) is 2.59. The summed E-state index contributed by atoms with van der Waals surface area (Å²) in [7, 11) is 1.67. The fraction of sp³-hybridized carbons (Fsp3) is 0.300. The van der Waals surface area contributed by atoms with Gasteiger partial charge >= 0.3 is 0 Å². The van der Waals surface area contributed by atoms with E-state index in [1.54, 1.807) is 18.1 Å². The minimum absolute atomic E-state index is 0.132. The summed E-state index contributed by atoms with van der Waals surface area (Å²) < 4.78 is 11.3. The number of hydrogen-bond donors (Lipinski definition) is 0. The van der Waals surface area contributed by atoms with Crippen LogP contribution in [0.1, 0.15) is 34.7 Å². The zero-order valence-electron chi connectivity index (χ0n) is 14.4. The SMILES string of the molecule is COc1cccc2c1CCCCN2C(=O)c1cc2nc(C)ccc2o1. The van der Waals surface area contributed by atoms with Gasteiger partial charge in [-0.05, 0) is 50.5 Å². The van der Waals surface area contributed by atoms with Gasteiger partial charge in [0.25, 0.3) is 5.91 Å². The second-order valence-corrected chi connectivity index (χ2v) is 6.32. The van der Waals surface area contributed by atoms with Gasteiger partial charge < -0.3 is 14.1 Å². The van der Waals surface area contributed by atoms with Crippen LogP contribution in [0.2, 0.25) is 0 Å². The van der Waals surface area contributed by atoms with E-state index in [0.29, 0.717) is 23.4 Å². The Morgan fingerprint density at radius 3 is 2.96 bits per heavy atom. The molecule has 4 rings (SSSR count). The molecule has 1 aliphatic heterocycles. The number of aromatic nitrogens is 1. The van der Waals surface area contributed by atoms with Crippen LogP contribution in [0.25, 0.3) is 11.1 Å². The first kappa shape index (κ1) is 15.7. The standard InChI is InChI=1S/C20H20N2O3/c1-13-9-10-18-15(21-13)12-19(25-18)20(23)22-11-4-3-6-14-16(22)7-5-8-17(14)24-2/h5,7-10,12H,3-4,6,11H2,1-2H3. The van der Waals surface area contributed by atoms with Crippen LogP contribution in [0.3, 0.4) is 0 Å². The van der Waals surface area contributed by atoms with Crippen molar-refractivity contribution in [1.82, 2.24) is 4.98 Å². The molecule has 0 fully saturated rings. The Morgan fingerprint density at radius 1 is 1.24 bits per heavy atom. The molecular weight excluding hydrogens is 316 g/mol. The fourth-order valence-corrected chi connectivity index (χ4v) is 3.42. The van der Waals surface area contributed by atoms with Crippen molar-refractivity contribution < 1.29 is 13.9 Å². The van der Waals surface area contributed by atoms with Gasteiger partial charge in [0.15, 0.2) is 11.3 Å². The minimum Gasteiger partial charge on any atom is -0.496 e. The van der Waals surface area contributed by atoms with Gasteiger partial charge in [0.05, 0.1) is 12.8 Å². The molecule has 5 heteroatoms. The number of carbonyl (C=O) groups is 1. The van der Waals surface area contributed by atoms with E-state index in [9.17, 15) is 4.79 Å². The lowest BCUT2D eigenvalue weighted by Crippen LogP contribution is -2.31. The van der Waals surface area contributed by atoms with Crippen LogP contribution in [0.4, 0.5) is 5.69 Å². The molecule has 5 nitrogen and oxygen atoms in total. The molecule has 3 heterocycles. The number of amides is 1. The molecule has 1 amide bonds. The summed E-state index contributed by atoms with van der Waals surface area (Å²) >= 11 is 0. The van der Waals surface area contributed by atoms with E-state index in [1.165, 1.54) is 0 Å². The minimum atomic E-state index is -0.132. The van der Waals surface area contributed by atoms with Crippen molar-refractivity contribution in [1.29, 1.82) is 0 Å². The Balaban J connectivity index is 1.76. The van der Waals surface area contributed by atoms with Gasteiger partial charge in [-0.25, -0.2) is 4.98 Å². The molecule has 0 N–H and O–H groups in total. The number of fused-ring (bicyclic) bond motifs is 2. The van der Waals surface area contributed by atoms with Gasteiger partial charge in [-0.3, -0.25) is 4.79 Å². The number of carbonyl (C=O) groups excluding carboxylic acids is 1. The first-order valence-electron chi connectivity index (χ1n) is 8.52. The summed E-state index contributed by atoms with van der Waals surface area (Å²) in [5.74, 6) is 1.02. The van der Waals surface area contributed by atoms with E-state index in [4.69, 9.17) is 9.15 Å². The van der Waals surface area contributed by atoms with Crippen LogP contribution in [0.5, 0.6) is 5.75 Å². The molecule has 0 saturated carbocycles. The van der Waals surface area contributed by atoms with Crippen molar-refractivity contribution in [2.24, 2.45) is 0 Å². The molecule has 3 aromatic rings. The van der Waals surface area contributed by atoms with Gasteiger partial charge in [0.1, 0.15) is 11.3 Å². The van der Waals surface area contributed by atoms with Crippen molar-refractivity contribution in [3.63, 3.8) is 0 Å². The highest BCUT2D eigenvalue weighted by atomic mass is 16.5. The Morgan fingerprint density at radius 2 is 2.12 bits per heavy atom. The molecule has 1 aliphatic rings. The maximum absolute atomic E-state index is 13.1. The molecule has 0 saturated heterocycles. The number of aryl methyl sites for hydroxylation is 1. The lowest BCUT2D eigenvalue weighted by atomic mass is 10.1. The number of methoxy groups -OCH3 is 1. The fourth-order valence-electron chi connectivity index (χ4n) is 3.42. The molecule has 0 aliphatic carbocycles. The molecule has 2 aromatic heterocycles. The van der Waals surface area contributed by atoms with Crippen LogP contribution < -0.4 is 9.64 Å². The number of ether oxygens (including phenoxy) is 1. The third kappa shape index (κ3) is 2.76. The number of anilines is 1. The van der Waals surface area contributed by atoms with Crippen molar-refractivity contribution in [3.05, 3.63) is 53.4 Å². The van der Waals surface area contributed by atoms with E-state index in [-0.39, 0.29) is 5.91 Å². The summed E-state index contributed by atoms with van der Waals surface area (Å²) in [5, 5.41) is 0. The molecule has 0 spiro atoms. The van der Waals surface area contributed by atoms with Gasteiger partial charge in [-0.1, -0.05) is 6.07 Å². The Kier molecular flexibility index (Phi) is 3.92. The molecule has 128 valence electrons. The number of pyridine rings is 1. The monoisotopic (exact) mass is 336 g/mol. The lowest BCUT2D eigenvalue weighted by molar-refractivity contribution is 0.0962. The molecule has 0 unspecified atom stereocenters. The highest BCUT2D eigenvalue weighted by Crippen LogP contribution is 2.34. The van der Waals surface area contributed by atoms with Gasteiger partial charge in [0.2, 0.25) is 0 Å². The number of furan rings is 1. The van der Waals surface area contributed by atoms with Crippen molar-refractivity contribution in [2.45, 2.75) is 26.2 Å². The van der Waals surface area contributed by atoms with Crippen LogP contribution in [0.15, 0.2) is 40.8 Å². The first-order valence-corrected chi connectivity index (χ1v) is 8.52. The Bertz CT molecular complexity index is 945. The average Bonchev–Trinajstić information content (AvgIpc) is 2.92. The summed E-state index contributed by atoms with van der Waals surface area (Å²) in [4.78, 5) is 19.4. The third-order valence-electron chi connectivity index (χ3n) is 4.65. The van der Waals surface area contributed by atoms with Crippen LogP contribution in [0, 0.1) is 6.92 Å². The topological polar surface area (TPSA) is 55.6 Å². The summed E-state index contributed by atoms with van der Waals surface area (Å²) in [6, 6.07) is 11.3. The Labute approximate surface area is 146 Å². The highest BCUT2D eigenvalue weighted by Gasteiger charge is 2.26. The van der Waals surface area contributed by atoms with Crippen LogP contribution in [-0.4, -0.2) is 24.5 Å². The summed E-state index contributed by atoms with van der Waals surface area (Å²) in [6.07, 6.45) is 2.88. The zero-order chi connectivity index (χ0) is 17.4. The van der Waals surface area contributed by atoms with Gasteiger partial charge in [-0.2, -0.15) is 0 Å². The molecule has 0 bridgehead atoms. The smallest absolute Gasteiger partial charge is 0.294 e. The van der Waals surface area contributed by atoms with Gasteiger partial charge in [-0.15, -0.1) is 0 Å². The maximum atomic E-state index is 13.1. The van der Waals surface area contributed by atoms with Gasteiger partial charge in [0, 0.05) is 23.9 Å². The molecule has 25 heavy (non-hydrogen) atoms. The third-order valence-corrected chi connectivity index (χ3v) is 4.65. The van der Waals surface area contributed by atoms with E-state index in [0.717, 1.165) is 42.0 Å². The highest BCUT2D eigenvalue weighted by molar-refractivity contribution is 6.06. The zero-order valence-corrected chi connectivity index (χ0v) is 14.4. The lowest BCUT2D eigenvalue weighted by Gasteiger charge is -2.22. The predicted molar refractivity (Wildman–Crippen MR) is 96.4 cm³/mol. The number of benzene rings is 1. The molecule has 1 aromatic carbocycles. The van der Waals surface area contributed by atoms with E-state index in [1.807, 2.05) is 37.3 Å². The van der Waals surface area contributed by atoms with Crippen LogP contribution >= 0.6 is 0 Å². The molecule has 0 radical (unpaired) electrons. The number of hydrogen-bond acceptors (Lipinski definition) is 4. The van der Waals surface area contributed by atoms with E-state index < -0.39 is 0 Å².